The molecule has 1 fully saturated rings. The van der Waals surface area contributed by atoms with Crippen molar-refractivity contribution in [2.45, 2.75) is 38.9 Å². The minimum absolute atomic E-state index is 0.0285. The highest BCUT2D eigenvalue weighted by Gasteiger charge is 2.30. The smallest absolute Gasteiger partial charge is 0.417 e. The zero-order chi connectivity index (χ0) is 26.6. The SMILES string of the molecule is CC(C)(C)c1ccc(CN2CCN(C(=O)Oc3ccc(Oc4ccc(C(F)(F)F)cn4)cc3)CC2)cc1. The van der Waals surface area contributed by atoms with Gasteiger partial charge in [-0.1, -0.05) is 45.0 Å². The van der Waals surface area contributed by atoms with Crippen LogP contribution in [0.25, 0.3) is 0 Å². The van der Waals surface area contributed by atoms with Crippen LogP contribution < -0.4 is 9.47 Å². The second-order valence-electron chi connectivity index (χ2n) is 10.0. The van der Waals surface area contributed by atoms with Gasteiger partial charge >= 0.3 is 12.3 Å². The van der Waals surface area contributed by atoms with E-state index in [1.54, 1.807) is 29.2 Å². The molecule has 3 aromatic rings. The van der Waals surface area contributed by atoms with Crippen LogP contribution in [0.1, 0.15) is 37.5 Å². The van der Waals surface area contributed by atoms with Gasteiger partial charge in [0, 0.05) is 45.0 Å². The van der Waals surface area contributed by atoms with E-state index in [4.69, 9.17) is 9.47 Å². The molecule has 2 aromatic carbocycles. The summed E-state index contributed by atoms with van der Waals surface area (Å²) in [6.07, 6.45) is -4.16. The molecule has 1 aliphatic heterocycles. The zero-order valence-electron chi connectivity index (χ0n) is 21.1. The van der Waals surface area contributed by atoms with Crippen LogP contribution in [-0.4, -0.2) is 47.1 Å². The summed E-state index contributed by atoms with van der Waals surface area (Å²) in [6, 6.07) is 17.0. The van der Waals surface area contributed by atoms with E-state index in [1.165, 1.54) is 11.1 Å². The second kappa shape index (κ2) is 10.8. The number of benzene rings is 2. The first-order valence-corrected chi connectivity index (χ1v) is 12.1. The number of hydrogen-bond donors (Lipinski definition) is 0. The number of carbonyl (C=O) groups excluding carboxylic acids is 1. The van der Waals surface area contributed by atoms with E-state index < -0.39 is 17.8 Å². The Balaban J connectivity index is 1.23. The number of carbonyl (C=O) groups is 1. The lowest BCUT2D eigenvalue weighted by Gasteiger charge is -2.34. The third-order valence-electron chi connectivity index (χ3n) is 6.17. The number of pyridine rings is 1. The van der Waals surface area contributed by atoms with Crippen molar-refractivity contribution in [3.8, 4) is 17.4 Å². The van der Waals surface area contributed by atoms with Gasteiger partial charge in [-0.3, -0.25) is 4.90 Å². The van der Waals surface area contributed by atoms with E-state index in [0.29, 0.717) is 30.8 Å². The van der Waals surface area contributed by atoms with Crippen molar-refractivity contribution in [3.63, 3.8) is 0 Å². The predicted octanol–water partition coefficient (Wildman–Crippen LogP) is 6.51. The standard InChI is InChI=1S/C28H30F3N3O3/c1-27(2,3)21-6-4-20(5-7-21)19-33-14-16-34(17-15-33)26(35)37-24-11-9-23(10-12-24)36-25-13-8-22(18-32-25)28(29,30)31/h4-13,18H,14-17,19H2,1-3H3. The first-order chi connectivity index (χ1) is 17.5. The molecular formula is C28H30F3N3O3. The quantitative estimate of drug-likeness (QED) is 0.390. The third-order valence-corrected chi connectivity index (χ3v) is 6.17. The lowest BCUT2D eigenvalue weighted by atomic mass is 9.87. The van der Waals surface area contributed by atoms with Crippen LogP contribution in [-0.2, 0) is 18.1 Å². The summed E-state index contributed by atoms with van der Waals surface area (Å²) < 4.78 is 48.9. The maximum Gasteiger partial charge on any atom is 0.417 e. The summed E-state index contributed by atoms with van der Waals surface area (Å²) in [5.41, 5.74) is 1.83. The number of alkyl halides is 3. The number of amides is 1. The van der Waals surface area contributed by atoms with Crippen LogP contribution in [0.4, 0.5) is 18.0 Å². The average Bonchev–Trinajstić information content (AvgIpc) is 2.85. The van der Waals surface area contributed by atoms with Gasteiger partial charge in [0.1, 0.15) is 11.5 Å². The largest absolute Gasteiger partial charge is 0.439 e. The van der Waals surface area contributed by atoms with Gasteiger partial charge in [0.05, 0.1) is 5.56 Å². The van der Waals surface area contributed by atoms with Crippen LogP contribution in [0, 0.1) is 0 Å². The molecule has 2 heterocycles. The van der Waals surface area contributed by atoms with Gasteiger partial charge in [0.15, 0.2) is 0 Å². The molecule has 1 aliphatic rings. The van der Waals surface area contributed by atoms with E-state index in [0.717, 1.165) is 31.8 Å². The molecular weight excluding hydrogens is 483 g/mol. The number of aromatic nitrogens is 1. The normalized spacial score (nSPS) is 14.9. The Labute approximate surface area is 214 Å². The van der Waals surface area contributed by atoms with Crippen LogP contribution in [0.5, 0.6) is 17.4 Å². The van der Waals surface area contributed by atoms with E-state index in [9.17, 15) is 18.0 Å². The molecule has 6 nitrogen and oxygen atoms in total. The summed E-state index contributed by atoms with van der Waals surface area (Å²) in [6.45, 7) is 10.1. The fourth-order valence-electron chi connectivity index (χ4n) is 3.93. The van der Waals surface area contributed by atoms with Crippen molar-refractivity contribution in [1.82, 2.24) is 14.8 Å². The Hall–Kier alpha value is -3.59. The topological polar surface area (TPSA) is 54.9 Å². The molecule has 0 spiro atoms. The maximum absolute atomic E-state index is 12.7. The molecule has 0 N–H and O–H groups in total. The molecule has 0 unspecified atom stereocenters. The minimum Gasteiger partial charge on any atom is -0.439 e. The van der Waals surface area contributed by atoms with Gasteiger partial charge in [-0.25, -0.2) is 9.78 Å². The number of halogens is 3. The fraction of sp³-hybridized carbons (Fsp3) is 0.357. The van der Waals surface area contributed by atoms with Crippen molar-refractivity contribution in [2.75, 3.05) is 26.2 Å². The molecule has 1 aromatic heterocycles. The van der Waals surface area contributed by atoms with Gasteiger partial charge in [-0.05, 0) is 46.9 Å². The molecule has 196 valence electrons. The first kappa shape index (κ1) is 26.5. The van der Waals surface area contributed by atoms with Gasteiger partial charge in [0.25, 0.3) is 0 Å². The van der Waals surface area contributed by atoms with E-state index in [1.807, 2.05) is 0 Å². The number of ether oxygens (including phenoxy) is 2. The molecule has 0 radical (unpaired) electrons. The molecule has 0 atom stereocenters. The molecule has 1 amide bonds. The lowest BCUT2D eigenvalue weighted by molar-refractivity contribution is -0.137. The van der Waals surface area contributed by atoms with Crippen molar-refractivity contribution in [1.29, 1.82) is 0 Å². The lowest BCUT2D eigenvalue weighted by Crippen LogP contribution is -2.49. The van der Waals surface area contributed by atoms with Gasteiger partial charge < -0.3 is 14.4 Å². The summed E-state index contributed by atoms with van der Waals surface area (Å²) in [5, 5.41) is 0. The van der Waals surface area contributed by atoms with Gasteiger partial charge in [0.2, 0.25) is 5.88 Å². The number of hydrogen-bond acceptors (Lipinski definition) is 5. The Morgan fingerprint density at radius 1 is 0.838 bits per heavy atom. The highest BCUT2D eigenvalue weighted by Crippen LogP contribution is 2.30. The molecule has 4 rings (SSSR count). The zero-order valence-corrected chi connectivity index (χ0v) is 21.1. The Morgan fingerprint density at radius 3 is 1.97 bits per heavy atom. The molecule has 9 heteroatoms. The summed E-state index contributed by atoms with van der Waals surface area (Å²) in [4.78, 5) is 20.3. The number of nitrogens with zero attached hydrogens (tertiary/aromatic N) is 3. The van der Waals surface area contributed by atoms with Crippen molar-refractivity contribution in [3.05, 3.63) is 83.6 Å². The first-order valence-electron chi connectivity index (χ1n) is 12.1. The Kier molecular flexibility index (Phi) is 7.73. The number of piperazine rings is 1. The van der Waals surface area contributed by atoms with Crippen LogP contribution in [0.15, 0.2) is 66.9 Å². The number of rotatable bonds is 5. The predicted molar refractivity (Wildman–Crippen MR) is 134 cm³/mol. The highest BCUT2D eigenvalue weighted by molar-refractivity contribution is 5.70. The van der Waals surface area contributed by atoms with Gasteiger partial charge in [-0.2, -0.15) is 13.2 Å². The van der Waals surface area contributed by atoms with E-state index in [-0.39, 0.29) is 11.3 Å². The van der Waals surface area contributed by atoms with Crippen LogP contribution >= 0.6 is 0 Å². The monoisotopic (exact) mass is 513 g/mol. The van der Waals surface area contributed by atoms with Crippen molar-refractivity contribution in [2.24, 2.45) is 0 Å². The molecule has 1 saturated heterocycles. The molecule has 0 saturated carbocycles. The highest BCUT2D eigenvalue weighted by atomic mass is 19.4. The third kappa shape index (κ3) is 7.22. The Bertz CT molecular complexity index is 1180. The van der Waals surface area contributed by atoms with E-state index >= 15 is 0 Å². The molecule has 37 heavy (non-hydrogen) atoms. The molecule has 0 bridgehead atoms. The minimum atomic E-state index is -4.46. The van der Waals surface area contributed by atoms with Crippen LogP contribution in [0.3, 0.4) is 0 Å². The average molecular weight is 514 g/mol. The summed E-state index contributed by atoms with van der Waals surface area (Å²) in [7, 11) is 0. The second-order valence-corrected chi connectivity index (χ2v) is 10.0. The van der Waals surface area contributed by atoms with Gasteiger partial charge in [-0.15, -0.1) is 0 Å². The molecule has 0 aliphatic carbocycles. The van der Waals surface area contributed by atoms with Crippen molar-refractivity contribution >= 4 is 6.09 Å². The fourth-order valence-corrected chi connectivity index (χ4v) is 3.93. The van der Waals surface area contributed by atoms with E-state index in [2.05, 4.69) is 54.9 Å². The Morgan fingerprint density at radius 2 is 1.43 bits per heavy atom. The van der Waals surface area contributed by atoms with Crippen molar-refractivity contribution < 1.29 is 27.4 Å². The summed E-state index contributed by atoms with van der Waals surface area (Å²) >= 11 is 0. The van der Waals surface area contributed by atoms with Crippen LogP contribution in [0.2, 0.25) is 0 Å². The summed E-state index contributed by atoms with van der Waals surface area (Å²) in [5.74, 6) is 0.732. The maximum atomic E-state index is 12.7.